The first kappa shape index (κ1) is 13.0. The number of rotatable bonds is 3. The van der Waals surface area contributed by atoms with Gasteiger partial charge in [-0.25, -0.2) is 9.97 Å². The summed E-state index contributed by atoms with van der Waals surface area (Å²) in [5.41, 5.74) is 1.21. The molecule has 1 N–H and O–H groups in total. The van der Waals surface area contributed by atoms with Crippen LogP contribution in [0.3, 0.4) is 0 Å². The Morgan fingerprint density at radius 2 is 2.11 bits per heavy atom. The van der Waals surface area contributed by atoms with Gasteiger partial charge in [0.1, 0.15) is 5.82 Å². The van der Waals surface area contributed by atoms with E-state index >= 15 is 0 Å². The summed E-state index contributed by atoms with van der Waals surface area (Å²) in [6, 6.07) is 2.65. The summed E-state index contributed by atoms with van der Waals surface area (Å²) in [6.07, 6.45) is 8.98. The molecule has 3 heterocycles. The lowest BCUT2D eigenvalue weighted by Gasteiger charge is -2.24. The topological polar surface area (TPSA) is 47.0 Å². The fraction of sp³-hybridized carbons (Fsp3) is 0.733. The highest BCUT2D eigenvalue weighted by molar-refractivity contribution is 5.10. The van der Waals surface area contributed by atoms with E-state index < -0.39 is 0 Å². The highest BCUT2D eigenvalue weighted by Crippen LogP contribution is 2.25. The SMILES string of the molecule is c1cc(C2CCOCC2)nc(CC2CCCCN2)n1. The Labute approximate surface area is 115 Å². The summed E-state index contributed by atoms with van der Waals surface area (Å²) >= 11 is 0. The van der Waals surface area contributed by atoms with Gasteiger partial charge in [0.25, 0.3) is 0 Å². The minimum Gasteiger partial charge on any atom is -0.381 e. The molecule has 0 aliphatic carbocycles. The predicted molar refractivity (Wildman–Crippen MR) is 74.2 cm³/mol. The van der Waals surface area contributed by atoms with Gasteiger partial charge in [-0.2, -0.15) is 0 Å². The summed E-state index contributed by atoms with van der Waals surface area (Å²) in [5, 5.41) is 3.57. The Morgan fingerprint density at radius 1 is 1.21 bits per heavy atom. The van der Waals surface area contributed by atoms with Crippen LogP contribution in [0.25, 0.3) is 0 Å². The van der Waals surface area contributed by atoms with Crippen molar-refractivity contribution in [3.8, 4) is 0 Å². The van der Waals surface area contributed by atoms with Crippen molar-refractivity contribution in [2.75, 3.05) is 19.8 Å². The number of nitrogens with one attached hydrogen (secondary N) is 1. The monoisotopic (exact) mass is 261 g/mol. The molecule has 2 saturated heterocycles. The molecule has 1 aromatic heterocycles. The Bertz CT molecular complexity index is 398. The Balaban J connectivity index is 1.64. The van der Waals surface area contributed by atoms with Crippen LogP contribution in [0.1, 0.15) is 49.5 Å². The fourth-order valence-corrected chi connectivity index (χ4v) is 3.05. The molecule has 0 saturated carbocycles. The first-order valence-electron chi connectivity index (χ1n) is 7.55. The van der Waals surface area contributed by atoms with Crippen molar-refractivity contribution in [1.29, 1.82) is 0 Å². The standard InChI is InChI=1S/C15H23N3O/c1-2-7-16-13(3-1)11-15-17-8-4-14(18-15)12-5-9-19-10-6-12/h4,8,12-13,16H,1-3,5-7,9-11H2. The van der Waals surface area contributed by atoms with E-state index in [0.717, 1.165) is 44.8 Å². The second kappa shape index (κ2) is 6.44. The lowest BCUT2D eigenvalue weighted by atomic mass is 9.96. The molecule has 104 valence electrons. The van der Waals surface area contributed by atoms with Crippen LogP contribution >= 0.6 is 0 Å². The summed E-state index contributed by atoms with van der Waals surface area (Å²) < 4.78 is 5.42. The van der Waals surface area contributed by atoms with Gasteiger partial charge in [-0.15, -0.1) is 0 Å². The van der Waals surface area contributed by atoms with E-state index in [9.17, 15) is 0 Å². The van der Waals surface area contributed by atoms with Gasteiger partial charge in [0.2, 0.25) is 0 Å². The Kier molecular flexibility index (Phi) is 4.41. The van der Waals surface area contributed by atoms with Crippen molar-refractivity contribution >= 4 is 0 Å². The van der Waals surface area contributed by atoms with Crippen molar-refractivity contribution in [3.63, 3.8) is 0 Å². The van der Waals surface area contributed by atoms with E-state index in [-0.39, 0.29) is 0 Å². The maximum Gasteiger partial charge on any atom is 0.130 e. The van der Waals surface area contributed by atoms with Crippen LogP contribution in [0, 0.1) is 0 Å². The number of hydrogen-bond donors (Lipinski definition) is 1. The molecule has 0 radical (unpaired) electrons. The Morgan fingerprint density at radius 3 is 2.89 bits per heavy atom. The number of aromatic nitrogens is 2. The first-order valence-corrected chi connectivity index (χ1v) is 7.55. The predicted octanol–water partition coefficient (Wildman–Crippen LogP) is 2.06. The summed E-state index contributed by atoms with van der Waals surface area (Å²) in [6.45, 7) is 2.88. The summed E-state index contributed by atoms with van der Waals surface area (Å²) in [5.74, 6) is 1.57. The van der Waals surface area contributed by atoms with Gasteiger partial charge in [-0.1, -0.05) is 6.42 Å². The van der Waals surface area contributed by atoms with Crippen LogP contribution < -0.4 is 5.32 Å². The number of nitrogens with zero attached hydrogens (tertiary/aromatic N) is 2. The van der Waals surface area contributed by atoms with Crippen molar-refractivity contribution in [3.05, 3.63) is 23.8 Å². The van der Waals surface area contributed by atoms with Crippen molar-refractivity contribution < 1.29 is 4.74 Å². The lowest BCUT2D eigenvalue weighted by molar-refractivity contribution is 0.0844. The lowest BCUT2D eigenvalue weighted by Crippen LogP contribution is -2.36. The zero-order chi connectivity index (χ0) is 12.9. The van der Waals surface area contributed by atoms with E-state index in [1.165, 1.54) is 25.0 Å². The quantitative estimate of drug-likeness (QED) is 0.904. The minimum absolute atomic E-state index is 0.565. The van der Waals surface area contributed by atoms with Crippen LogP contribution in [0.15, 0.2) is 12.3 Å². The van der Waals surface area contributed by atoms with Crippen molar-refractivity contribution in [1.82, 2.24) is 15.3 Å². The third-order valence-corrected chi connectivity index (χ3v) is 4.21. The Hall–Kier alpha value is -1.00. The molecule has 2 aliphatic rings. The van der Waals surface area contributed by atoms with Crippen LogP contribution in [0.2, 0.25) is 0 Å². The molecule has 1 atom stereocenters. The number of piperidine rings is 1. The summed E-state index contributed by atoms with van der Waals surface area (Å²) in [7, 11) is 0. The molecule has 0 aromatic carbocycles. The van der Waals surface area contributed by atoms with Gasteiger partial charge < -0.3 is 10.1 Å². The van der Waals surface area contributed by atoms with Crippen LogP contribution in [-0.4, -0.2) is 35.8 Å². The second-order valence-electron chi connectivity index (χ2n) is 5.64. The smallest absolute Gasteiger partial charge is 0.130 e. The van der Waals surface area contributed by atoms with E-state index in [4.69, 9.17) is 9.72 Å². The zero-order valence-corrected chi connectivity index (χ0v) is 11.5. The fourth-order valence-electron chi connectivity index (χ4n) is 3.05. The number of hydrogen-bond acceptors (Lipinski definition) is 4. The maximum absolute atomic E-state index is 5.42. The van der Waals surface area contributed by atoms with Crippen molar-refractivity contribution in [2.45, 2.75) is 50.5 Å². The molecule has 2 fully saturated rings. The van der Waals surface area contributed by atoms with Gasteiger partial charge in [-0.3, -0.25) is 0 Å². The molecule has 4 heteroatoms. The maximum atomic E-state index is 5.42. The molecular weight excluding hydrogens is 238 g/mol. The molecule has 1 unspecified atom stereocenters. The van der Waals surface area contributed by atoms with Gasteiger partial charge in [0, 0.05) is 43.5 Å². The average Bonchev–Trinajstić information content (AvgIpc) is 2.49. The largest absolute Gasteiger partial charge is 0.381 e. The molecular formula is C15H23N3O. The van der Waals surface area contributed by atoms with Crippen molar-refractivity contribution in [2.24, 2.45) is 0 Å². The van der Waals surface area contributed by atoms with E-state index in [1.54, 1.807) is 0 Å². The molecule has 19 heavy (non-hydrogen) atoms. The van der Waals surface area contributed by atoms with Crippen LogP contribution in [-0.2, 0) is 11.2 Å². The highest BCUT2D eigenvalue weighted by atomic mass is 16.5. The number of ether oxygens (including phenoxy) is 1. The van der Waals surface area contributed by atoms with Gasteiger partial charge >= 0.3 is 0 Å². The molecule has 2 aliphatic heterocycles. The van der Waals surface area contributed by atoms with Gasteiger partial charge in [-0.05, 0) is 38.3 Å². The first-order chi connectivity index (χ1) is 9.42. The second-order valence-corrected chi connectivity index (χ2v) is 5.64. The third-order valence-electron chi connectivity index (χ3n) is 4.21. The average molecular weight is 261 g/mol. The molecule has 0 spiro atoms. The van der Waals surface area contributed by atoms with E-state index in [2.05, 4.69) is 16.4 Å². The van der Waals surface area contributed by atoms with E-state index in [1.807, 2.05) is 6.20 Å². The van der Waals surface area contributed by atoms with E-state index in [0.29, 0.717) is 12.0 Å². The third kappa shape index (κ3) is 3.51. The molecule has 1 aromatic rings. The van der Waals surface area contributed by atoms with Gasteiger partial charge in [0.05, 0.1) is 0 Å². The minimum atomic E-state index is 0.565. The van der Waals surface area contributed by atoms with Crippen LogP contribution in [0.4, 0.5) is 0 Å². The molecule has 3 rings (SSSR count). The van der Waals surface area contributed by atoms with Crippen LogP contribution in [0.5, 0.6) is 0 Å². The van der Waals surface area contributed by atoms with Gasteiger partial charge in [0.15, 0.2) is 0 Å². The molecule has 0 amide bonds. The normalized spacial score (nSPS) is 25.4. The highest BCUT2D eigenvalue weighted by Gasteiger charge is 2.19. The molecule has 4 nitrogen and oxygen atoms in total. The zero-order valence-electron chi connectivity index (χ0n) is 11.5. The molecule has 0 bridgehead atoms. The summed E-state index contributed by atoms with van der Waals surface area (Å²) in [4.78, 5) is 9.23.